The van der Waals surface area contributed by atoms with Gasteiger partial charge in [0.05, 0.1) is 6.04 Å². The van der Waals surface area contributed by atoms with Crippen molar-refractivity contribution in [2.75, 3.05) is 0 Å². The van der Waals surface area contributed by atoms with Crippen molar-refractivity contribution in [2.24, 2.45) is 0 Å². The van der Waals surface area contributed by atoms with Crippen LogP contribution in [0.2, 0.25) is 0 Å². The van der Waals surface area contributed by atoms with E-state index in [0.717, 1.165) is 11.3 Å². The Hall–Kier alpha value is -2.20. The molecule has 104 valence electrons. The molecule has 0 aliphatic heterocycles. The predicted octanol–water partition coefficient (Wildman–Crippen LogP) is 2.30. The molecule has 2 N–H and O–H groups in total. The fraction of sp³-hybridized carbons (Fsp3) is 0.250. The van der Waals surface area contributed by atoms with Crippen molar-refractivity contribution < 1.29 is 9.90 Å². The average molecular weight is 270 g/mol. The van der Waals surface area contributed by atoms with Crippen molar-refractivity contribution in [3.63, 3.8) is 0 Å². The van der Waals surface area contributed by atoms with E-state index < -0.39 is 12.0 Å². The molecule has 0 bridgehead atoms. The molecule has 0 aliphatic carbocycles. The highest BCUT2D eigenvalue weighted by atomic mass is 16.3. The number of aryl methyl sites for hydroxylation is 1. The summed E-state index contributed by atoms with van der Waals surface area (Å²) in [5.74, 6) is -0.424. The maximum Gasteiger partial charge on any atom is 0.254 e. The average Bonchev–Trinajstić information content (AvgIpc) is 2.48. The fourth-order valence-corrected chi connectivity index (χ4v) is 1.91. The number of aromatic nitrogens is 1. The van der Waals surface area contributed by atoms with E-state index in [-0.39, 0.29) is 6.04 Å². The van der Waals surface area contributed by atoms with Crippen LogP contribution in [-0.2, 0) is 4.79 Å². The van der Waals surface area contributed by atoms with Gasteiger partial charge in [-0.05, 0) is 25.5 Å². The second kappa shape index (κ2) is 6.30. The Kier molecular flexibility index (Phi) is 4.48. The van der Waals surface area contributed by atoms with Gasteiger partial charge in [0, 0.05) is 17.5 Å². The molecule has 2 atom stereocenters. The lowest BCUT2D eigenvalue weighted by molar-refractivity contribution is -0.130. The van der Waals surface area contributed by atoms with E-state index in [9.17, 15) is 9.90 Å². The number of carbonyl (C=O) groups is 1. The second-order valence-corrected chi connectivity index (χ2v) is 4.78. The van der Waals surface area contributed by atoms with E-state index in [1.807, 2.05) is 44.2 Å². The molecular weight excluding hydrogens is 252 g/mol. The first-order valence-electron chi connectivity index (χ1n) is 6.54. The van der Waals surface area contributed by atoms with Gasteiger partial charge in [0.15, 0.2) is 6.10 Å². The number of pyridine rings is 1. The van der Waals surface area contributed by atoms with Gasteiger partial charge in [-0.2, -0.15) is 0 Å². The number of rotatable bonds is 4. The van der Waals surface area contributed by atoms with Gasteiger partial charge in [-0.25, -0.2) is 0 Å². The number of nitrogens with zero attached hydrogens (tertiary/aromatic N) is 1. The minimum Gasteiger partial charge on any atom is -0.378 e. The number of hydrogen-bond acceptors (Lipinski definition) is 3. The summed E-state index contributed by atoms with van der Waals surface area (Å²) < 4.78 is 0. The number of aliphatic hydroxyl groups excluding tert-OH is 1. The van der Waals surface area contributed by atoms with Crippen molar-refractivity contribution in [3.8, 4) is 0 Å². The van der Waals surface area contributed by atoms with Crippen molar-refractivity contribution >= 4 is 5.91 Å². The molecule has 2 aromatic rings. The minimum absolute atomic E-state index is 0.156. The summed E-state index contributed by atoms with van der Waals surface area (Å²) in [6.45, 7) is 3.74. The molecule has 4 heteroatoms. The summed E-state index contributed by atoms with van der Waals surface area (Å²) >= 11 is 0. The van der Waals surface area contributed by atoms with Crippen molar-refractivity contribution in [2.45, 2.75) is 26.0 Å². The Balaban J connectivity index is 2.02. The zero-order chi connectivity index (χ0) is 14.5. The molecule has 0 unspecified atom stereocenters. The van der Waals surface area contributed by atoms with Crippen LogP contribution >= 0.6 is 0 Å². The number of amides is 1. The lowest BCUT2D eigenvalue weighted by atomic mass is 10.1. The molecule has 0 aliphatic rings. The van der Waals surface area contributed by atoms with Crippen LogP contribution in [0.1, 0.15) is 35.9 Å². The molecule has 1 aromatic heterocycles. The monoisotopic (exact) mass is 270 g/mol. The number of nitrogens with one attached hydrogen (secondary N) is 1. The van der Waals surface area contributed by atoms with Gasteiger partial charge in [0.1, 0.15) is 0 Å². The molecule has 0 radical (unpaired) electrons. The molecule has 1 aromatic carbocycles. The third-order valence-corrected chi connectivity index (χ3v) is 3.16. The standard InChI is InChI=1S/C16H18N2O2/c1-11-8-9-14(10-17-11)15(19)16(20)18-12(2)13-6-4-3-5-7-13/h3-10,12,15,19H,1-2H3,(H,18,20)/t12-,15-/m1/s1. The van der Waals surface area contributed by atoms with Crippen molar-refractivity contribution in [1.29, 1.82) is 0 Å². The molecule has 0 saturated heterocycles. The number of aliphatic hydroxyl groups is 1. The lowest BCUT2D eigenvalue weighted by Crippen LogP contribution is -2.31. The van der Waals surface area contributed by atoms with Gasteiger partial charge in [-0.1, -0.05) is 36.4 Å². The van der Waals surface area contributed by atoms with Crippen LogP contribution in [0.4, 0.5) is 0 Å². The maximum absolute atomic E-state index is 12.0. The Bertz CT molecular complexity index is 567. The minimum atomic E-state index is -1.20. The Morgan fingerprint density at radius 1 is 1.15 bits per heavy atom. The summed E-state index contributed by atoms with van der Waals surface area (Å²) in [4.78, 5) is 16.1. The van der Waals surface area contributed by atoms with Crippen LogP contribution in [0.25, 0.3) is 0 Å². The smallest absolute Gasteiger partial charge is 0.254 e. The van der Waals surface area contributed by atoms with Crippen LogP contribution < -0.4 is 5.32 Å². The first kappa shape index (κ1) is 14.2. The quantitative estimate of drug-likeness (QED) is 0.896. The highest BCUT2D eigenvalue weighted by Gasteiger charge is 2.19. The largest absolute Gasteiger partial charge is 0.378 e. The molecule has 1 amide bonds. The Morgan fingerprint density at radius 3 is 2.45 bits per heavy atom. The topological polar surface area (TPSA) is 62.2 Å². The third-order valence-electron chi connectivity index (χ3n) is 3.16. The maximum atomic E-state index is 12.0. The molecule has 1 heterocycles. The fourth-order valence-electron chi connectivity index (χ4n) is 1.91. The summed E-state index contributed by atoms with van der Waals surface area (Å²) in [6, 6.07) is 12.9. The molecule has 2 rings (SSSR count). The first-order valence-corrected chi connectivity index (χ1v) is 6.54. The van der Waals surface area contributed by atoms with Crippen LogP contribution in [0.3, 0.4) is 0 Å². The SMILES string of the molecule is Cc1ccc([C@@H](O)C(=O)N[C@H](C)c2ccccc2)cn1. The normalized spacial score (nSPS) is 13.6. The molecule has 0 fully saturated rings. The third kappa shape index (κ3) is 3.42. The van der Waals surface area contributed by atoms with Gasteiger partial charge >= 0.3 is 0 Å². The first-order chi connectivity index (χ1) is 9.58. The van der Waals surface area contributed by atoms with Gasteiger partial charge in [0.25, 0.3) is 5.91 Å². The molecule has 4 nitrogen and oxygen atoms in total. The number of benzene rings is 1. The summed E-state index contributed by atoms with van der Waals surface area (Å²) in [5.41, 5.74) is 2.34. The molecule has 20 heavy (non-hydrogen) atoms. The lowest BCUT2D eigenvalue weighted by Gasteiger charge is -2.17. The van der Waals surface area contributed by atoms with Gasteiger partial charge in [0.2, 0.25) is 0 Å². The second-order valence-electron chi connectivity index (χ2n) is 4.78. The van der Waals surface area contributed by atoms with E-state index in [1.165, 1.54) is 6.20 Å². The zero-order valence-electron chi connectivity index (χ0n) is 11.6. The van der Waals surface area contributed by atoms with E-state index >= 15 is 0 Å². The number of carbonyl (C=O) groups excluding carboxylic acids is 1. The van der Waals surface area contributed by atoms with E-state index in [1.54, 1.807) is 12.1 Å². The highest BCUT2D eigenvalue weighted by molar-refractivity contribution is 5.82. The highest BCUT2D eigenvalue weighted by Crippen LogP contribution is 2.16. The predicted molar refractivity (Wildman–Crippen MR) is 76.9 cm³/mol. The van der Waals surface area contributed by atoms with Crippen LogP contribution in [0.5, 0.6) is 0 Å². The summed E-state index contributed by atoms with van der Waals surface area (Å²) in [6.07, 6.45) is 0.321. The zero-order valence-corrected chi connectivity index (χ0v) is 11.6. The number of hydrogen-bond donors (Lipinski definition) is 2. The van der Waals surface area contributed by atoms with Crippen LogP contribution in [-0.4, -0.2) is 16.0 Å². The van der Waals surface area contributed by atoms with E-state index in [4.69, 9.17) is 0 Å². The van der Waals surface area contributed by atoms with Crippen LogP contribution in [0, 0.1) is 6.92 Å². The van der Waals surface area contributed by atoms with E-state index in [0.29, 0.717) is 5.56 Å². The van der Waals surface area contributed by atoms with Crippen molar-refractivity contribution in [1.82, 2.24) is 10.3 Å². The Morgan fingerprint density at radius 2 is 1.85 bits per heavy atom. The van der Waals surface area contributed by atoms with Crippen LogP contribution in [0.15, 0.2) is 48.7 Å². The van der Waals surface area contributed by atoms with Gasteiger partial charge in [-0.3, -0.25) is 9.78 Å². The van der Waals surface area contributed by atoms with E-state index in [2.05, 4.69) is 10.3 Å². The Labute approximate surface area is 118 Å². The summed E-state index contributed by atoms with van der Waals surface area (Å²) in [5, 5.41) is 12.8. The summed E-state index contributed by atoms with van der Waals surface area (Å²) in [7, 11) is 0. The molecular formula is C16H18N2O2. The van der Waals surface area contributed by atoms with Gasteiger partial charge < -0.3 is 10.4 Å². The van der Waals surface area contributed by atoms with Gasteiger partial charge in [-0.15, -0.1) is 0 Å². The van der Waals surface area contributed by atoms with Crippen molar-refractivity contribution in [3.05, 3.63) is 65.5 Å². The molecule has 0 saturated carbocycles. The molecule has 0 spiro atoms.